The van der Waals surface area contributed by atoms with Crippen LogP contribution in [0.15, 0.2) is 42.5 Å². The van der Waals surface area contributed by atoms with Gasteiger partial charge in [0.25, 0.3) is 0 Å². The van der Waals surface area contributed by atoms with E-state index in [9.17, 15) is 5.11 Å². The molecular formula is C18H22O2. The number of aliphatic hydroxyl groups is 1. The Morgan fingerprint density at radius 3 is 2.30 bits per heavy atom. The molecule has 20 heavy (non-hydrogen) atoms. The van der Waals surface area contributed by atoms with E-state index in [1.807, 2.05) is 63.2 Å². The van der Waals surface area contributed by atoms with Crippen molar-refractivity contribution < 1.29 is 9.84 Å². The minimum Gasteiger partial charge on any atom is -0.496 e. The highest BCUT2D eigenvalue weighted by atomic mass is 16.5. The molecule has 0 aliphatic heterocycles. The SMILES string of the molecule is COc1c(C(C)(O)Cc2ccccc2)ccc(C)c1C. The Kier molecular flexibility index (Phi) is 4.15. The van der Waals surface area contributed by atoms with Gasteiger partial charge in [0.2, 0.25) is 0 Å². The topological polar surface area (TPSA) is 29.5 Å². The maximum Gasteiger partial charge on any atom is 0.128 e. The molecule has 0 bridgehead atoms. The van der Waals surface area contributed by atoms with Gasteiger partial charge >= 0.3 is 0 Å². The lowest BCUT2D eigenvalue weighted by Gasteiger charge is -2.27. The number of ether oxygens (including phenoxy) is 1. The second-order valence-electron chi connectivity index (χ2n) is 5.52. The van der Waals surface area contributed by atoms with Crippen LogP contribution < -0.4 is 4.74 Å². The van der Waals surface area contributed by atoms with E-state index in [1.165, 1.54) is 5.56 Å². The molecule has 0 radical (unpaired) electrons. The van der Waals surface area contributed by atoms with Crippen molar-refractivity contribution in [2.75, 3.05) is 7.11 Å². The fourth-order valence-electron chi connectivity index (χ4n) is 2.57. The smallest absolute Gasteiger partial charge is 0.128 e. The van der Waals surface area contributed by atoms with Crippen LogP contribution in [0, 0.1) is 13.8 Å². The highest BCUT2D eigenvalue weighted by Crippen LogP contribution is 2.36. The van der Waals surface area contributed by atoms with Crippen LogP contribution in [0.5, 0.6) is 5.75 Å². The van der Waals surface area contributed by atoms with Gasteiger partial charge in [-0.2, -0.15) is 0 Å². The molecule has 0 saturated carbocycles. The number of benzene rings is 2. The van der Waals surface area contributed by atoms with E-state index < -0.39 is 5.60 Å². The summed E-state index contributed by atoms with van der Waals surface area (Å²) in [5.74, 6) is 0.783. The molecule has 1 atom stereocenters. The first-order chi connectivity index (χ1) is 9.45. The number of aryl methyl sites for hydroxylation is 1. The zero-order chi connectivity index (χ0) is 14.8. The zero-order valence-electron chi connectivity index (χ0n) is 12.6. The summed E-state index contributed by atoms with van der Waals surface area (Å²) in [6.07, 6.45) is 0.562. The summed E-state index contributed by atoms with van der Waals surface area (Å²) in [4.78, 5) is 0. The first-order valence-electron chi connectivity index (χ1n) is 6.86. The Morgan fingerprint density at radius 1 is 1.05 bits per heavy atom. The summed E-state index contributed by atoms with van der Waals surface area (Å²) in [6.45, 7) is 5.91. The average Bonchev–Trinajstić information content (AvgIpc) is 2.42. The Hall–Kier alpha value is -1.80. The molecular weight excluding hydrogens is 248 g/mol. The third-order valence-corrected chi connectivity index (χ3v) is 3.85. The van der Waals surface area contributed by atoms with E-state index in [-0.39, 0.29) is 0 Å². The monoisotopic (exact) mass is 270 g/mol. The lowest BCUT2D eigenvalue weighted by molar-refractivity contribution is 0.0548. The Labute approximate surface area is 121 Å². The molecule has 0 amide bonds. The van der Waals surface area contributed by atoms with Crippen molar-refractivity contribution in [2.24, 2.45) is 0 Å². The molecule has 2 nitrogen and oxygen atoms in total. The number of methoxy groups -OCH3 is 1. The summed E-state index contributed by atoms with van der Waals surface area (Å²) in [5.41, 5.74) is 3.25. The molecule has 0 fully saturated rings. The lowest BCUT2D eigenvalue weighted by Crippen LogP contribution is -2.25. The van der Waals surface area contributed by atoms with Crippen molar-refractivity contribution in [2.45, 2.75) is 32.8 Å². The lowest BCUT2D eigenvalue weighted by atomic mass is 9.86. The largest absolute Gasteiger partial charge is 0.496 e. The van der Waals surface area contributed by atoms with E-state index in [2.05, 4.69) is 0 Å². The van der Waals surface area contributed by atoms with Crippen molar-refractivity contribution >= 4 is 0 Å². The molecule has 0 aromatic heterocycles. The third kappa shape index (κ3) is 2.86. The predicted molar refractivity (Wildman–Crippen MR) is 82.2 cm³/mol. The van der Waals surface area contributed by atoms with Crippen LogP contribution in [0.1, 0.15) is 29.2 Å². The van der Waals surface area contributed by atoms with Crippen LogP contribution in [0.3, 0.4) is 0 Å². The molecule has 0 aliphatic carbocycles. The van der Waals surface area contributed by atoms with Crippen LogP contribution in [0.25, 0.3) is 0 Å². The molecule has 2 rings (SSSR count). The first-order valence-corrected chi connectivity index (χ1v) is 6.86. The zero-order valence-corrected chi connectivity index (χ0v) is 12.6. The quantitative estimate of drug-likeness (QED) is 0.916. The van der Waals surface area contributed by atoms with Gasteiger partial charge in [0.05, 0.1) is 12.7 Å². The van der Waals surface area contributed by atoms with Crippen LogP contribution in [0.2, 0.25) is 0 Å². The van der Waals surface area contributed by atoms with Crippen molar-refractivity contribution in [1.82, 2.24) is 0 Å². The number of rotatable bonds is 4. The van der Waals surface area contributed by atoms with Gasteiger partial charge in [0.15, 0.2) is 0 Å². The van der Waals surface area contributed by atoms with Crippen molar-refractivity contribution in [1.29, 1.82) is 0 Å². The van der Waals surface area contributed by atoms with E-state index in [1.54, 1.807) is 7.11 Å². The van der Waals surface area contributed by atoms with Crippen LogP contribution in [-0.2, 0) is 12.0 Å². The van der Waals surface area contributed by atoms with E-state index in [0.717, 1.165) is 22.4 Å². The fraction of sp³-hybridized carbons (Fsp3) is 0.333. The Balaban J connectivity index is 2.41. The van der Waals surface area contributed by atoms with Gasteiger partial charge in [-0.25, -0.2) is 0 Å². The van der Waals surface area contributed by atoms with E-state index in [0.29, 0.717) is 6.42 Å². The van der Waals surface area contributed by atoms with Crippen LogP contribution >= 0.6 is 0 Å². The maximum absolute atomic E-state index is 10.9. The minimum atomic E-state index is -0.953. The summed E-state index contributed by atoms with van der Waals surface area (Å²) in [7, 11) is 1.66. The molecule has 1 unspecified atom stereocenters. The van der Waals surface area contributed by atoms with E-state index >= 15 is 0 Å². The van der Waals surface area contributed by atoms with Gasteiger partial charge in [-0.05, 0) is 37.5 Å². The third-order valence-electron chi connectivity index (χ3n) is 3.85. The molecule has 106 valence electrons. The van der Waals surface area contributed by atoms with Crippen LogP contribution in [0.4, 0.5) is 0 Å². The highest BCUT2D eigenvalue weighted by Gasteiger charge is 2.28. The number of hydrogen-bond donors (Lipinski definition) is 1. The van der Waals surface area contributed by atoms with Crippen molar-refractivity contribution in [3.8, 4) is 5.75 Å². The summed E-state index contributed by atoms with van der Waals surface area (Å²) >= 11 is 0. The standard InChI is InChI=1S/C18H22O2/c1-13-10-11-16(17(20-4)14(13)2)18(3,19)12-15-8-6-5-7-9-15/h5-11,19H,12H2,1-4H3. The van der Waals surface area contributed by atoms with Gasteiger partial charge in [-0.3, -0.25) is 0 Å². The molecule has 2 aromatic carbocycles. The minimum absolute atomic E-state index is 0.562. The molecule has 1 N–H and O–H groups in total. The van der Waals surface area contributed by atoms with Gasteiger partial charge in [-0.1, -0.05) is 42.5 Å². The van der Waals surface area contributed by atoms with Gasteiger partial charge in [0.1, 0.15) is 5.75 Å². The maximum atomic E-state index is 10.9. The molecule has 0 heterocycles. The van der Waals surface area contributed by atoms with Gasteiger partial charge in [-0.15, -0.1) is 0 Å². The summed E-state index contributed by atoms with van der Waals surface area (Å²) in [5, 5.41) is 10.9. The normalized spacial score (nSPS) is 13.8. The van der Waals surface area contributed by atoms with Gasteiger partial charge in [0, 0.05) is 12.0 Å². The predicted octanol–water partition coefficient (Wildman–Crippen LogP) is 3.76. The Morgan fingerprint density at radius 2 is 1.70 bits per heavy atom. The second kappa shape index (κ2) is 5.68. The van der Waals surface area contributed by atoms with Crippen molar-refractivity contribution in [3.63, 3.8) is 0 Å². The Bertz CT molecular complexity index is 586. The van der Waals surface area contributed by atoms with E-state index in [4.69, 9.17) is 4.74 Å². The molecule has 0 aliphatic rings. The first kappa shape index (κ1) is 14.6. The summed E-state index contributed by atoms with van der Waals surface area (Å²) < 4.78 is 5.52. The van der Waals surface area contributed by atoms with Crippen LogP contribution in [-0.4, -0.2) is 12.2 Å². The van der Waals surface area contributed by atoms with Crippen molar-refractivity contribution in [3.05, 3.63) is 64.7 Å². The molecule has 0 saturated heterocycles. The number of hydrogen-bond acceptors (Lipinski definition) is 2. The molecule has 0 spiro atoms. The highest BCUT2D eigenvalue weighted by molar-refractivity contribution is 5.48. The fourth-order valence-corrected chi connectivity index (χ4v) is 2.57. The summed E-state index contributed by atoms with van der Waals surface area (Å²) in [6, 6.07) is 14.0. The molecule has 2 heteroatoms. The molecule has 2 aromatic rings. The second-order valence-corrected chi connectivity index (χ2v) is 5.52. The van der Waals surface area contributed by atoms with Gasteiger partial charge < -0.3 is 9.84 Å². The average molecular weight is 270 g/mol.